The predicted octanol–water partition coefficient (Wildman–Crippen LogP) is 4.69. The fourth-order valence-electron chi connectivity index (χ4n) is 4.56. The molecular formula is C27H27N3O4. The van der Waals surface area contributed by atoms with E-state index in [1.807, 2.05) is 34.9 Å². The van der Waals surface area contributed by atoms with Crippen molar-refractivity contribution in [3.05, 3.63) is 53.0 Å². The molecule has 0 fully saturated rings. The van der Waals surface area contributed by atoms with Gasteiger partial charge in [0.25, 0.3) is 0 Å². The van der Waals surface area contributed by atoms with Crippen LogP contribution in [0.3, 0.4) is 0 Å². The van der Waals surface area contributed by atoms with Gasteiger partial charge in [0.05, 0.1) is 32.6 Å². The maximum Gasteiger partial charge on any atom is 0.161 e. The van der Waals surface area contributed by atoms with Crippen LogP contribution in [0.4, 0.5) is 0 Å². The van der Waals surface area contributed by atoms with Crippen molar-refractivity contribution >= 4 is 0 Å². The van der Waals surface area contributed by atoms with Crippen LogP contribution in [-0.2, 0) is 13.0 Å². The highest BCUT2D eigenvalue weighted by Crippen LogP contribution is 2.41. The molecule has 0 radical (unpaired) electrons. The van der Waals surface area contributed by atoms with Gasteiger partial charge in [-0.2, -0.15) is 5.26 Å². The number of hydrogen-bond acceptors (Lipinski definition) is 6. The van der Waals surface area contributed by atoms with E-state index in [0.29, 0.717) is 49.0 Å². The van der Waals surface area contributed by atoms with Crippen molar-refractivity contribution in [3.8, 4) is 51.5 Å². The maximum atomic E-state index is 9.97. The molecule has 7 nitrogen and oxygen atoms in total. The van der Waals surface area contributed by atoms with Crippen LogP contribution in [0.5, 0.6) is 23.0 Å². The number of nitrogens with one attached hydrogen (secondary N) is 1. The lowest BCUT2D eigenvalue weighted by atomic mass is 9.92. The summed E-state index contributed by atoms with van der Waals surface area (Å²) in [5.74, 6) is 2.76. The van der Waals surface area contributed by atoms with Gasteiger partial charge in [-0.05, 0) is 54.3 Å². The molecule has 0 atom stereocenters. The molecule has 0 amide bonds. The Kier molecular flexibility index (Phi) is 5.89. The number of nitriles is 1. The molecule has 3 aromatic rings. The first-order valence-corrected chi connectivity index (χ1v) is 11.6. The third-order valence-corrected chi connectivity index (χ3v) is 6.25. The highest BCUT2D eigenvalue weighted by Gasteiger charge is 2.24. The summed E-state index contributed by atoms with van der Waals surface area (Å²) in [4.78, 5) is 0. The number of aryl methyl sites for hydroxylation is 1. The number of fused-ring (bicyclic) bond motifs is 4. The zero-order valence-corrected chi connectivity index (χ0v) is 19.4. The Balaban J connectivity index is 1.67. The maximum absolute atomic E-state index is 9.97. The van der Waals surface area contributed by atoms with E-state index in [2.05, 4.69) is 19.1 Å². The minimum Gasteiger partial charge on any atom is -0.493 e. The van der Waals surface area contributed by atoms with Crippen molar-refractivity contribution in [2.45, 2.75) is 32.7 Å². The van der Waals surface area contributed by atoms with Gasteiger partial charge in [0.15, 0.2) is 23.0 Å². The number of ether oxygens (including phenoxy) is 4. The molecule has 0 spiro atoms. The van der Waals surface area contributed by atoms with Crippen LogP contribution < -0.4 is 24.4 Å². The van der Waals surface area contributed by atoms with Gasteiger partial charge >= 0.3 is 0 Å². The van der Waals surface area contributed by atoms with Crippen molar-refractivity contribution < 1.29 is 18.9 Å². The van der Waals surface area contributed by atoms with E-state index in [9.17, 15) is 5.26 Å². The number of pyridine rings is 1. The summed E-state index contributed by atoms with van der Waals surface area (Å²) in [6.45, 7) is 4.53. The molecule has 1 N–H and O–H groups in total. The Hall–Kier alpha value is -3.92. The molecule has 2 aliphatic rings. The SMILES string of the molecule is CCCOc1ccc(-c2cc3n(c(=N)c2C#N)CCc2cc4c(cc2-3)OCCCO4)cc1OC. The molecule has 34 heavy (non-hydrogen) atoms. The lowest BCUT2D eigenvalue weighted by Crippen LogP contribution is -2.28. The van der Waals surface area contributed by atoms with Gasteiger partial charge in [0.1, 0.15) is 17.1 Å². The molecule has 2 aromatic carbocycles. The third kappa shape index (κ3) is 3.75. The molecule has 3 heterocycles. The average Bonchev–Trinajstić information content (AvgIpc) is 3.10. The minimum absolute atomic E-state index is 0.207. The number of nitrogens with zero attached hydrogens (tertiary/aromatic N) is 2. The zero-order valence-electron chi connectivity index (χ0n) is 19.4. The van der Waals surface area contributed by atoms with Gasteiger partial charge in [-0.25, -0.2) is 0 Å². The van der Waals surface area contributed by atoms with E-state index in [1.54, 1.807) is 7.11 Å². The van der Waals surface area contributed by atoms with Crippen molar-refractivity contribution in [2.75, 3.05) is 26.9 Å². The van der Waals surface area contributed by atoms with Gasteiger partial charge in [-0.3, -0.25) is 5.41 Å². The molecule has 5 rings (SSSR count). The predicted molar refractivity (Wildman–Crippen MR) is 128 cm³/mol. The normalized spacial score (nSPS) is 13.8. The van der Waals surface area contributed by atoms with E-state index >= 15 is 0 Å². The minimum atomic E-state index is 0.207. The molecular weight excluding hydrogens is 430 g/mol. The van der Waals surface area contributed by atoms with Crippen molar-refractivity contribution in [3.63, 3.8) is 0 Å². The molecule has 0 aliphatic carbocycles. The summed E-state index contributed by atoms with van der Waals surface area (Å²) in [7, 11) is 1.60. The van der Waals surface area contributed by atoms with Crippen LogP contribution in [0.2, 0.25) is 0 Å². The quantitative estimate of drug-likeness (QED) is 0.600. The molecule has 0 saturated carbocycles. The average molecular weight is 458 g/mol. The topological polar surface area (TPSA) is 89.5 Å². The first-order chi connectivity index (χ1) is 16.6. The van der Waals surface area contributed by atoms with Gasteiger partial charge in [-0.15, -0.1) is 0 Å². The molecule has 7 heteroatoms. The molecule has 174 valence electrons. The van der Waals surface area contributed by atoms with E-state index in [1.165, 1.54) is 0 Å². The van der Waals surface area contributed by atoms with E-state index in [0.717, 1.165) is 53.1 Å². The molecule has 1 aromatic heterocycles. The Morgan fingerprint density at radius 2 is 1.85 bits per heavy atom. The number of aromatic nitrogens is 1. The van der Waals surface area contributed by atoms with E-state index in [4.69, 9.17) is 24.4 Å². The van der Waals surface area contributed by atoms with Gasteiger partial charge in [-0.1, -0.05) is 13.0 Å². The number of methoxy groups -OCH3 is 1. The monoisotopic (exact) mass is 457 g/mol. The third-order valence-electron chi connectivity index (χ3n) is 6.25. The second kappa shape index (κ2) is 9.14. The number of rotatable bonds is 5. The van der Waals surface area contributed by atoms with Crippen LogP contribution >= 0.6 is 0 Å². The molecule has 0 unspecified atom stereocenters. The van der Waals surface area contributed by atoms with Crippen molar-refractivity contribution in [1.29, 1.82) is 10.7 Å². The van der Waals surface area contributed by atoms with Crippen LogP contribution in [0, 0.1) is 16.7 Å². The summed E-state index contributed by atoms with van der Waals surface area (Å²) in [5, 5.41) is 18.8. The molecule has 0 bridgehead atoms. The number of hydrogen-bond donors (Lipinski definition) is 1. The second-order valence-electron chi connectivity index (χ2n) is 8.40. The second-order valence-corrected chi connectivity index (χ2v) is 8.40. The van der Waals surface area contributed by atoms with Crippen LogP contribution in [0.15, 0.2) is 36.4 Å². The smallest absolute Gasteiger partial charge is 0.161 e. The van der Waals surface area contributed by atoms with E-state index < -0.39 is 0 Å². The Morgan fingerprint density at radius 3 is 2.59 bits per heavy atom. The largest absolute Gasteiger partial charge is 0.493 e. The fourth-order valence-corrected chi connectivity index (χ4v) is 4.56. The summed E-state index contributed by atoms with van der Waals surface area (Å²) in [5.41, 5.74) is 5.09. The van der Waals surface area contributed by atoms with Gasteiger partial charge in [0, 0.05) is 24.1 Å². The lowest BCUT2D eigenvalue weighted by molar-refractivity contribution is 0.294. The first-order valence-electron chi connectivity index (χ1n) is 11.6. The fraction of sp³-hybridized carbons (Fsp3) is 0.333. The summed E-state index contributed by atoms with van der Waals surface area (Å²) in [6.07, 6.45) is 2.50. The first kappa shape index (κ1) is 21.9. The Morgan fingerprint density at radius 1 is 1.06 bits per heavy atom. The van der Waals surface area contributed by atoms with Crippen LogP contribution in [0.1, 0.15) is 30.9 Å². The van der Waals surface area contributed by atoms with E-state index in [-0.39, 0.29) is 5.49 Å². The Labute approximate surface area is 198 Å². The van der Waals surface area contributed by atoms with Gasteiger partial charge < -0.3 is 23.5 Å². The van der Waals surface area contributed by atoms with Crippen LogP contribution in [0.25, 0.3) is 22.4 Å². The summed E-state index contributed by atoms with van der Waals surface area (Å²) >= 11 is 0. The van der Waals surface area contributed by atoms with Crippen LogP contribution in [-0.4, -0.2) is 31.5 Å². The number of benzene rings is 2. The Bertz CT molecular complexity index is 1350. The zero-order chi connectivity index (χ0) is 23.7. The van der Waals surface area contributed by atoms with Crippen molar-refractivity contribution in [2.24, 2.45) is 0 Å². The highest BCUT2D eigenvalue weighted by atomic mass is 16.5. The highest BCUT2D eigenvalue weighted by molar-refractivity contribution is 5.79. The molecule has 0 saturated heterocycles. The molecule has 2 aliphatic heterocycles. The summed E-state index contributed by atoms with van der Waals surface area (Å²) < 4.78 is 25.1. The van der Waals surface area contributed by atoms with Gasteiger partial charge in [0.2, 0.25) is 0 Å². The standard InChI is InChI=1S/C27H27N3O4/c1-3-9-32-23-6-5-17(12-24(23)31-2)19-14-22-20-15-26-25(33-10-4-11-34-26)13-18(20)7-8-30(22)27(29)21(19)16-28/h5-6,12-15,29H,3-4,7-11H2,1-2H3. The lowest BCUT2D eigenvalue weighted by Gasteiger charge is -2.25. The summed E-state index contributed by atoms with van der Waals surface area (Å²) in [6, 6.07) is 14.0. The van der Waals surface area contributed by atoms with Crippen molar-refractivity contribution in [1.82, 2.24) is 4.57 Å².